The average molecular weight is 324 g/mol. The molecule has 1 atom stereocenters. The summed E-state index contributed by atoms with van der Waals surface area (Å²) in [5, 5.41) is 0.659. The van der Waals surface area contributed by atoms with E-state index in [4.69, 9.17) is 0 Å². The van der Waals surface area contributed by atoms with Crippen molar-refractivity contribution in [1.29, 1.82) is 0 Å². The highest BCUT2D eigenvalue weighted by Crippen LogP contribution is 2.11. The molecule has 1 aromatic heterocycles. The summed E-state index contributed by atoms with van der Waals surface area (Å²) < 4.78 is 28.2. The monoisotopic (exact) mass is 323 g/mol. The highest BCUT2D eigenvalue weighted by atomic mass is 79.9. The van der Waals surface area contributed by atoms with E-state index in [0.29, 0.717) is 11.2 Å². The minimum Gasteiger partial charge on any atom is -0.339 e. The van der Waals surface area contributed by atoms with E-state index in [9.17, 15) is 8.42 Å². The Balaban J connectivity index is 2.78. The normalized spacial score (nSPS) is 14.2. The number of nitrogens with zero attached hydrogens (tertiary/aromatic N) is 2. The van der Waals surface area contributed by atoms with Gasteiger partial charge in [-0.05, 0) is 12.3 Å². The molecule has 7 heteroatoms. The summed E-state index contributed by atoms with van der Waals surface area (Å²) in [6, 6.07) is -0.109. The highest BCUT2D eigenvalue weighted by molar-refractivity contribution is 9.09. The zero-order valence-electron chi connectivity index (χ0n) is 10.2. The van der Waals surface area contributed by atoms with Gasteiger partial charge in [-0.1, -0.05) is 29.8 Å². The second kappa shape index (κ2) is 5.97. The maximum atomic E-state index is 12.0. The molecule has 0 saturated carbocycles. The van der Waals surface area contributed by atoms with Crippen LogP contribution >= 0.6 is 15.9 Å². The third-order valence-electron chi connectivity index (χ3n) is 2.22. The molecule has 0 fully saturated rings. The van der Waals surface area contributed by atoms with Crippen molar-refractivity contribution in [3.05, 3.63) is 12.5 Å². The number of hydrogen-bond acceptors (Lipinski definition) is 3. The molecular weight excluding hydrogens is 306 g/mol. The van der Waals surface area contributed by atoms with Crippen LogP contribution in [0.25, 0.3) is 0 Å². The number of aromatic nitrogens is 2. The van der Waals surface area contributed by atoms with Crippen molar-refractivity contribution >= 4 is 26.0 Å². The number of aryl methyl sites for hydroxylation is 1. The van der Waals surface area contributed by atoms with Gasteiger partial charge >= 0.3 is 0 Å². The molecule has 0 bridgehead atoms. The van der Waals surface area contributed by atoms with Crippen LogP contribution < -0.4 is 4.72 Å². The van der Waals surface area contributed by atoms with Gasteiger partial charge < -0.3 is 4.57 Å². The summed E-state index contributed by atoms with van der Waals surface area (Å²) >= 11 is 3.32. The molecular formula is C10H18BrN3O2S. The minimum atomic E-state index is -3.51. The molecule has 0 amide bonds. The van der Waals surface area contributed by atoms with Crippen LogP contribution in [0.5, 0.6) is 0 Å². The van der Waals surface area contributed by atoms with Crippen molar-refractivity contribution in [3.8, 4) is 0 Å². The van der Waals surface area contributed by atoms with E-state index in [0.717, 1.165) is 6.42 Å². The maximum absolute atomic E-state index is 12.0. The molecule has 17 heavy (non-hydrogen) atoms. The number of nitrogens with one attached hydrogen (secondary N) is 1. The topological polar surface area (TPSA) is 64.0 Å². The van der Waals surface area contributed by atoms with Gasteiger partial charge in [-0.25, -0.2) is 18.1 Å². The molecule has 0 saturated heterocycles. The fourth-order valence-electron chi connectivity index (χ4n) is 1.52. The SMILES string of the molecule is CC(C)CC(CBr)NS(=O)(=O)c1cn(C)cn1. The quantitative estimate of drug-likeness (QED) is 0.807. The summed E-state index contributed by atoms with van der Waals surface area (Å²) in [6.07, 6.45) is 3.75. The predicted molar refractivity (Wildman–Crippen MR) is 70.6 cm³/mol. The number of imidazole rings is 1. The Morgan fingerprint density at radius 3 is 2.59 bits per heavy atom. The molecule has 0 radical (unpaired) electrons. The second-order valence-corrected chi connectivity index (χ2v) is 6.79. The second-order valence-electron chi connectivity index (χ2n) is 4.48. The molecule has 1 rings (SSSR count). The van der Waals surface area contributed by atoms with Crippen LogP contribution in [0.15, 0.2) is 17.6 Å². The summed E-state index contributed by atoms with van der Waals surface area (Å²) in [7, 11) is -1.77. The van der Waals surface area contributed by atoms with E-state index in [1.165, 1.54) is 12.5 Å². The van der Waals surface area contributed by atoms with E-state index in [-0.39, 0.29) is 11.1 Å². The lowest BCUT2D eigenvalue weighted by Crippen LogP contribution is -2.37. The number of alkyl halides is 1. The Kier molecular flexibility index (Phi) is 5.15. The molecule has 0 aliphatic heterocycles. The average Bonchev–Trinajstić information content (AvgIpc) is 2.63. The van der Waals surface area contributed by atoms with Crippen LogP contribution in [0.1, 0.15) is 20.3 Å². The minimum absolute atomic E-state index is 0.0645. The predicted octanol–water partition coefficient (Wildman–Crippen LogP) is 1.51. The van der Waals surface area contributed by atoms with Gasteiger partial charge in [-0.15, -0.1) is 0 Å². The molecule has 98 valence electrons. The first-order chi connectivity index (χ1) is 7.85. The Hall–Kier alpha value is -0.400. The molecule has 0 spiro atoms. The molecule has 1 heterocycles. The van der Waals surface area contributed by atoms with Crippen LogP contribution in [0.2, 0.25) is 0 Å². The van der Waals surface area contributed by atoms with Crippen LogP contribution in [0, 0.1) is 5.92 Å². The molecule has 1 unspecified atom stereocenters. The smallest absolute Gasteiger partial charge is 0.259 e. The zero-order valence-corrected chi connectivity index (χ0v) is 12.6. The van der Waals surface area contributed by atoms with Gasteiger partial charge in [0.1, 0.15) is 0 Å². The Labute approximate surface area is 111 Å². The standard InChI is InChI=1S/C10H18BrN3O2S/c1-8(2)4-9(5-11)13-17(15,16)10-6-14(3)7-12-10/h6-9,13H,4-5H2,1-3H3. The van der Waals surface area contributed by atoms with Gasteiger partial charge in [0.15, 0.2) is 5.03 Å². The number of halogens is 1. The van der Waals surface area contributed by atoms with Crippen LogP contribution in [-0.2, 0) is 17.1 Å². The summed E-state index contributed by atoms with van der Waals surface area (Å²) in [4.78, 5) is 3.85. The van der Waals surface area contributed by atoms with Crippen LogP contribution in [0.3, 0.4) is 0 Å². The van der Waals surface area contributed by atoms with Crippen molar-refractivity contribution in [2.24, 2.45) is 13.0 Å². The van der Waals surface area contributed by atoms with E-state index in [1.807, 2.05) is 0 Å². The lowest BCUT2D eigenvalue weighted by Gasteiger charge is -2.17. The van der Waals surface area contributed by atoms with Crippen molar-refractivity contribution in [2.75, 3.05) is 5.33 Å². The number of sulfonamides is 1. The largest absolute Gasteiger partial charge is 0.339 e. The fraction of sp³-hybridized carbons (Fsp3) is 0.700. The highest BCUT2D eigenvalue weighted by Gasteiger charge is 2.22. The van der Waals surface area contributed by atoms with Gasteiger partial charge in [-0.3, -0.25) is 0 Å². The third kappa shape index (κ3) is 4.40. The zero-order chi connectivity index (χ0) is 13.1. The molecule has 5 nitrogen and oxygen atoms in total. The molecule has 1 N–H and O–H groups in total. The van der Waals surface area contributed by atoms with E-state index >= 15 is 0 Å². The summed E-state index contributed by atoms with van der Waals surface area (Å²) in [6.45, 7) is 4.12. The maximum Gasteiger partial charge on any atom is 0.259 e. The molecule has 0 aliphatic rings. The van der Waals surface area contributed by atoms with Gasteiger partial charge in [0.25, 0.3) is 10.0 Å². The Bertz CT molecular complexity index is 456. The van der Waals surface area contributed by atoms with Gasteiger partial charge in [0.2, 0.25) is 0 Å². The molecule has 1 aromatic rings. The van der Waals surface area contributed by atoms with Gasteiger partial charge in [-0.2, -0.15) is 0 Å². The number of rotatable bonds is 6. The molecule has 0 aliphatic carbocycles. The first-order valence-electron chi connectivity index (χ1n) is 5.41. The lowest BCUT2D eigenvalue weighted by molar-refractivity contribution is 0.487. The molecule has 0 aromatic carbocycles. The van der Waals surface area contributed by atoms with Gasteiger partial charge in [0, 0.05) is 24.6 Å². The van der Waals surface area contributed by atoms with Gasteiger partial charge in [0.05, 0.1) is 6.33 Å². The van der Waals surface area contributed by atoms with E-state index in [2.05, 4.69) is 39.5 Å². The van der Waals surface area contributed by atoms with Crippen LogP contribution in [-0.4, -0.2) is 29.3 Å². The van der Waals surface area contributed by atoms with Crippen LogP contribution in [0.4, 0.5) is 0 Å². The fourth-order valence-corrected chi connectivity index (χ4v) is 3.39. The van der Waals surface area contributed by atoms with Crippen molar-refractivity contribution in [1.82, 2.24) is 14.3 Å². The first-order valence-corrected chi connectivity index (χ1v) is 8.02. The van der Waals surface area contributed by atoms with E-state index < -0.39 is 10.0 Å². The Morgan fingerprint density at radius 1 is 1.53 bits per heavy atom. The van der Waals surface area contributed by atoms with Crippen molar-refractivity contribution < 1.29 is 8.42 Å². The summed E-state index contributed by atoms with van der Waals surface area (Å²) in [5.41, 5.74) is 0. The third-order valence-corrected chi connectivity index (χ3v) is 4.41. The first kappa shape index (κ1) is 14.7. The van der Waals surface area contributed by atoms with Crippen molar-refractivity contribution in [3.63, 3.8) is 0 Å². The number of hydrogen-bond donors (Lipinski definition) is 1. The lowest BCUT2D eigenvalue weighted by atomic mass is 10.1. The van der Waals surface area contributed by atoms with E-state index in [1.54, 1.807) is 11.6 Å². The Morgan fingerprint density at radius 2 is 2.18 bits per heavy atom. The van der Waals surface area contributed by atoms with Crippen molar-refractivity contribution in [2.45, 2.75) is 31.3 Å². The summed E-state index contributed by atoms with van der Waals surface area (Å²) in [5.74, 6) is 0.434.